The second-order valence-electron chi connectivity index (χ2n) is 3.37. The third kappa shape index (κ3) is 1.57. The lowest BCUT2D eigenvalue weighted by Gasteiger charge is -2.20. The van der Waals surface area contributed by atoms with E-state index in [1.165, 1.54) is 6.42 Å². The summed E-state index contributed by atoms with van der Waals surface area (Å²) in [5.74, 6) is 1.39. The SMILES string of the molecule is NC[C@H](O)c1nc(C2CCC2)no1. The van der Waals surface area contributed by atoms with Crippen LogP contribution in [0.2, 0.25) is 0 Å². The summed E-state index contributed by atoms with van der Waals surface area (Å²) in [7, 11) is 0. The van der Waals surface area contributed by atoms with Crippen LogP contribution in [0, 0.1) is 0 Å². The molecule has 1 aromatic heterocycles. The molecule has 3 N–H and O–H groups in total. The molecule has 5 heteroatoms. The number of nitrogens with two attached hydrogens (primary N) is 1. The average molecular weight is 183 g/mol. The van der Waals surface area contributed by atoms with Crippen LogP contribution < -0.4 is 5.73 Å². The van der Waals surface area contributed by atoms with Gasteiger partial charge in [-0.05, 0) is 12.8 Å². The Morgan fingerprint density at radius 1 is 1.62 bits per heavy atom. The summed E-state index contributed by atoms with van der Waals surface area (Å²) in [6, 6.07) is 0. The summed E-state index contributed by atoms with van der Waals surface area (Å²) < 4.78 is 4.88. The fourth-order valence-corrected chi connectivity index (χ4v) is 1.32. The highest BCUT2D eigenvalue weighted by Crippen LogP contribution is 2.34. The molecule has 13 heavy (non-hydrogen) atoms. The van der Waals surface area contributed by atoms with Gasteiger partial charge in [-0.2, -0.15) is 4.98 Å². The van der Waals surface area contributed by atoms with E-state index < -0.39 is 6.10 Å². The molecule has 1 atom stereocenters. The number of aliphatic hydroxyl groups excluding tert-OH is 1. The molecule has 5 nitrogen and oxygen atoms in total. The molecule has 0 saturated heterocycles. The maximum atomic E-state index is 9.29. The maximum Gasteiger partial charge on any atom is 0.256 e. The largest absolute Gasteiger partial charge is 0.382 e. The van der Waals surface area contributed by atoms with Gasteiger partial charge in [0.15, 0.2) is 5.82 Å². The van der Waals surface area contributed by atoms with Crippen LogP contribution in [-0.2, 0) is 0 Å². The van der Waals surface area contributed by atoms with Gasteiger partial charge in [0.2, 0.25) is 0 Å². The van der Waals surface area contributed by atoms with Crippen molar-refractivity contribution in [2.24, 2.45) is 5.73 Å². The first-order chi connectivity index (χ1) is 6.31. The minimum atomic E-state index is -0.818. The molecule has 72 valence electrons. The van der Waals surface area contributed by atoms with Crippen LogP contribution in [0.1, 0.15) is 43.0 Å². The number of hydrogen-bond acceptors (Lipinski definition) is 5. The molecule has 1 heterocycles. The van der Waals surface area contributed by atoms with Crippen molar-refractivity contribution >= 4 is 0 Å². The lowest BCUT2D eigenvalue weighted by molar-refractivity contribution is 0.141. The van der Waals surface area contributed by atoms with Crippen molar-refractivity contribution in [2.75, 3.05) is 6.54 Å². The van der Waals surface area contributed by atoms with Crippen molar-refractivity contribution in [3.05, 3.63) is 11.7 Å². The van der Waals surface area contributed by atoms with Gasteiger partial charge in [0.1, 0.15) is 6.10 Å². The summed E-state index contributed by atoms with van der Waals surface area (Å²) in [5, 5.41) is 13.1. The molecule has 2 rings (SSSR count). The molecule has 0 amide bonds. The minimum Gasteiger partial charge on any atom is -0.382 e. The Hall–Kier alpha value is -0.940. The van der Waals surface area contributed by atoms with Gasteiger partial charge < -0.3 is 15.4 Å². The van der Waals surface area contributed by atoms with E-state index in [9.17, 15) is 5.11 Å². The highest BCUT2D eigenvalue weighted by molar-refractivity contribution is 5.00. The van der Waals surface area contributed by atoms with Crippen LogP contribution in [-0.4, -0.2) is 21.8 Å². The van der Waals surface area contributed by atoms with E-state index in [2.05, 4.69) is 10.1 Å². The molecule has 1 aliphatic rings. The third-order valence-corrected chi connectivity index (χ3v) is 2.44. The van der Waals surface area contributed by atoms with Crippen LogP contribution in [0.15, 0.2) is 4.52 Å². The Morgan fingerprint density at radius 3 is 2.92 bits per heavy atom. The van der Waals surface area contributed by atoms with Gasteiger partial charge in [0.05, 0.1) is 0 Å². The van der Waals surface area contributed by atoms with Crippen LogP contribution >= 0.6 is 0 Å². The van der Waals surface area contributed by atoms with Crippen molar-refractivity contribution in [2.45, 2.75) is 31.3 Å². The number of hydrogen-bond donors (Lipinski definition) is 2. The van der Waals surface area contributed by atoms with Gasteiger partial charge in [0, 0.05) is 12.5 Å². The van der Waals surface area contributed by atoms with E-state index in [0.717, 1.165) is 12.8 Å². The van der Waals surface area contributed by atoms with E-state index in [0.29, 0.717) is 11.7 Å². The Balaban J connectivity index is 2.08. The van der Waals surface area contributed by atoms with Gasteiger partial charge in [0.25, 0.3) is 5.89 Å². The fourth-order valence-electron chi connectivity index (χ4n) is 1.32. The van der Waals surface area contributed by atoms with E-state index in [1.807, 2.05) is 0 Å². The monoisotopic (exact) mass is 183 g/mol. The van der Waals surface area contributed by atoms with Crippen LogP contribution in [0.4, 0.5) is 0 Å². The van der Waals surface area contributed by atoms with E-state index in [4.69, 9.17) is 10.3 Å². The van der Waals surface area contributed by atoms with Crippen LogP contribution in [0.5, 0.6) is 0 Å². The average Bonchev–Trinajstić information content (AvgIpc) is 2.49. The topological polar surface area (TPSA) is 85.2 Å². The molecule has 1 aliphatic carbocycles. The van der Waals surface area contributed by atoms with Crippen LogP contribution in [0.3, 0.4) is 0 Å². The first-order valence-electron chi connectivity index (χ1n) is 4.53. The number of rotatable bonds is 3. The quantitative estimate of drug-likeness (QED) is 0.705. The number of aromatic nitrogens is 2. The molecule has 1 saturated carbocycles. The van der Waals surface area contributed by atoms with Crippen LogP contribution in [0.25, 0.3) is 0 Å². The predicted octanol–water partition coefficient (Wildman–Crippen LogP) is 0.329. The van der Waals surface area contributed by atoms with E-state index in [1.54, 1.807) is 0 Å². The van der Waals surface area contributed by atoms with E-state index >= 15 is 0 Å². The predicted molar refractivity (Wildman–Crippen MR) is 44.9 cm³/mol. The molecule has 0 unspecified atom stereocenters. The zero-order chi connectivity index (χ0) is 9.26. The van der Waals surface area contributed by atoms with E-state index in [-0.39, 0.29) is 12.4 Å². The highest BCUT2D eigenvalue weighted by atomic mass is 16.5. The smallest absolute Gasteiger partial charge is 0.256 e. The number of aliphatic hydroxyl groups is 1. The summed E-state index contributed by atoms with van der Waals surface area (Å²) in [5.41, 5.74) is 5.26. The molecule has 0 aliphatic heterocycles. The Kier molecular flexibility index (Phi) is 2.28. The first kappa shape index (κ1) is 8.65. The molecule has 0 spiro atoms. The molecular formula is C8H13N3O2. The van der Waals surface area contributed by atoms with Crippen molar-refractivity contribution in [3.8, 4) is 0 Å². The van der Waals surface area contributed by atoms with Gasteiger partial charge >= 0.3 is 0 Å². The Morgan fingerprint density at radius 2 is 2.38 bits per heavy atom. The summed E-state index contributed by atoms with van der Waals surface area (Å²) in [6.07, 6.45) is 2.66. The zero-order valence-corrected chi connectivity index (χ0v) is 7.31. The molecule has 1 fully saturated rings. The maximum absolute atomic E-state index is 9.29. The lowest BCUT2D eigenvalue weighted by atomic mass is 9.85. The normalized spacial score (nSPS) is 19.8. The lowest BCUT2D eigenvalue weighted by Crippen LogP contribution is -2.13. The second kappa shape index (κ2) is 3.43. The van der Waals surface area contributed by atoms with Gasteiger partial charge in [-0.1, -0.05) is 11.6 Å². The summed E-state index contributed by atoms with van der Waals surface area (Å²) in [6.45, 7) is 0.117. The summed E-state index contributed by atoms with van der Waals surface area (Å²) >= 11 is 0. The zero-order valence-electron chi connectivity index (χ0n) is 7.31. The van der Waals surface area contributed by atoms with Gasteiger partial charge in [-0.3, -0.25) is 0 Å². The van der Waals surface area contributed by atoms with Crippen molar-refractivity contribution in [1.82, 2.24) is 10.1 Å². The first-order valence-corrected chi connectivity index (χ1v) is 4.53. The second-order valence-corrected chi connectivity index (χ2v) is 3.37. The van der Waals surface area contributed by atoms with Crippen molar-refractivity contribution < 1.29 is 9.63 Å². The Labute approximate surface area is 75.9 Å². The Bertz CT molecular complexity index is 263. The molecule has 0 aromatic carbocycles. The molecule has 0 radical (unpaired) electrons. The van der Waals surface area contributed by atoms with Gasteiger partial charge in [-0.25, -0.2) is 0 Å². The highest BCUT2D eigenvalue weighted by Gasteiger charge is 2.25. The third-order valence-electron chi connectivity index (χ3n) is 2.44. The van der Waals surface area contributed by atoms with Gasteiger partial charge in [-0.15, -0.1) is 0 Å². The molecular weight excluding hydrogens is 170 g/mol. The number of nitrogens with zero attached hydrogens (tertiary/aromatic N) is 2. The van der Waals surface area contributed by atoms with Crippen molar-refractivity contribution in [1.29, 1.82) is 0 Å². The summed E-state index contributed by atoms with van der Waals surface area (Å²) in [4.78, 5) is 4.10. The molecule has 1 aromatic rings. The standard InChI is InChI=1S/C8H13N3O2/c9-4-6(12)8-10-7(11-13-8)5-2-1-3-5/h5-6,12H,1-4,9H2/t6-/m0/s1. The molecule has 0 bridgehead atoms. The fraction of sp³-hybridized carbons (Fsp3) is 0.750. The minimum absolute atomic E-state index is 0.117. The van der Waals surface area contributed by atoms with Crippen molar-refractivity contribution in [3.63, 3.8) is 0 Å².